The van der Waals surface area contributed by atoms with Crippen LogP contribution in [-0.2, 0) is 16.4 Å². The molecule has 0 amide bonds. The Kier molecular flexibility index (Phi) is 4.97. The minimum absolute atomic E-state index is 0.122. The summed E-state index contributed by atoms with van der Waals surface area (Å²) in [5.74, 6) is -0.492. The molecule has 118 valence electrons. The van der Waals surface area contributed by atoms with Crippen LogP contribution in [0.2, 0.25) is 0 Å². The van der Waals surface area contributed by atoms with Gasteiger partial charge in [-0.15, -0.1) is 0 Å². The average molecular weight is 323 g/mol. The van der Waals surface area contributed by atoms with Crippen LogP contribution in [0.5, 0.6) is 0 Å². The van der Waals surface area contributed by atoms with E-state index >= 15 is 0 Å². The lowest BCUT2D eigenvalue weighted by molar-refractivity contribution is 0.599. The molecule has 0 atom stereocenters. The first-order chi connectivity index (χ1) is 10.4. The molecular weight excluding hydrogens is 305 g/mol. The summed E-state index contributed by atoms with van der Waals surface area (Å²) in [5, 5.41) is 0. The van der Waals surface area contributed by atoms with E-state index in [1.807, 2.05) is 19.0 Å². The molecule has 2 rings (SSSR count). The molecule has 0 saturated carbocycles. The van der Waals surface area contributed by atoms with Gasteiger partial charge >= 0.3 is 0 Å². The first-order valence-corrected chi connectivity index (χ1v) is 8.38. The molecule has 7 heteroatoms. The summed E-state index contributed by atoms with van der Waals surface area (Å²) in [6.07, 6.45) is 3.34. The van der Waals surface area contributed by atoms with Crippen molar-refractivity contribution >= 4 is 21.4 Å². The van der Waals surface area contributed by atoms with E-state index in [9.17, 15) is 12.8 Å². The number of hydrogen-bond acceptors (Lipinski definition) is 4. The number of rotatable bonds is 6. The van der Waals surface area contributed by atoms with E-state index in [0.717, 1.165) is 5.69 Å². The number of aromatic nitrogens is 1. The first kappa shape index (κ1) is 16.2. The average Bonchev–Trinajstić information content (AvgIpc) is 2.45. The highest BCUT2D eigenvalue weighted by Gasteiger charge is 2.12. The number of benzene rings is 1. The van der Waals surface area contributed by atoms with Gasteiger partial charge < -0.3 is 4.90 Å². The Bertz CT molecular complexity index is 748. The number of pyridine rings is 1. The van der Waals surface area contributed by atoms with Gasteiger partial charge in [-0.25, -0.2) is 12.8 Å². The molecule has 1 aromatic heterocycles. The van der Waals surface area contributed by atoms with Gasteiger partial charge in [-0.2, -0.15) is 0 Å². The summed E-state index contributed by atoms with van der Waals surface area (Å²) in [7, 11) is 0.174. The number of sulfonamides is 1. The molecule has 1 aromatic carbocycles. The third-order valence-corrected chi connectivity index (χ3v) is 4.35. The predicted octanol–water partition coefficient (Wildman–Crippen LogP) is 2.27. The van der Waals surface area contributed by atoms with E-state index in [1.54, 1.807) is 24.4 Å². The van der Waals surface area contributed by atoms with Crippen molar-refractivity contribution in [3.8, 4) is 0 Å². The number of aryl methyl sites for hydroxylation is 1. The zero-order chi connectivity index (χ0) is 16.2. The highest BCUT2D eigenvalue weighted by atomic mass is 32.2. The molecular formula is C15H18FN3O2S. The molecule has 0 radical (unpaired) electrons. The Balaban J connectivity index is 2.03. The van der Waals surface area contributed by atoms with Crippen LogP contribution < -0.4 is 9.62 Å². The molecule has 0 aliphatic heterocycles. The minimum Gasteiger partial charge on any atom is -0.376 e. The van der Waals surface area contributed by atoms with Crippen LogP contribution in [0.1, 0.15) is 5.56 Å². The number of halogens is 1. The molecule has 0 unspecified atom stereocenters. The molecule has 0 aliphatic carbocycles. The molecule has 2 aromatic rings. The molecule has 1 heterocycles. The van der Waals surface area contributed by atoms with Gasteiger partial charge in [0.15, 0.2) is 0 Å². The van der Waals surface area contributed by atoms with Crippen molar-refractivity contribution in [1.29, 1.82) is 0 Å². The van der Waals surface area contributed by atoms with Crippen molar-refractivity contribution in [2.24, 2.45) is 0 Å². The quantitative estimate of drug-likeness (QED) is 0.886. The van der Waals surface area contributed by atoms with Gasteiger partial charge in [-0.05, 0) is 30.2 Å². The Labute approximate surface area is 129 Å². The van der Waals surface area contributed by atoms with E-state index in [-0.39, 0.29) is 18.0 Å². The fourth-order valence-electron chi connectivity index (χ4n) is 1.90. The molecule has 1 N–H and O–H groups in total. The monoisotopic (exact) mass is 323 g/mol. The molecule has 0 spiro atoms. The van der Waals surface area contributed by atoms with Gasteiger partial charge in [-0.3, -0.25) is 9.71 Å². The second-order valence-electron chi connectivity index (χ2n) is 5.13. The maximum atomic E-state index is 13.1. The zero-order valence-corrected chi connectivity index (χ0v) is 13.3. The van der Waals surface area contributed by atoms with Crippen molar-refractivity contribution in [2.45, 2.75) is 6.42 Å². The molecule has 22 heavy (non-hydrogen) atoms. The summed E-state index contributed by atoms with van der Waals surface area (Å²) in [6, 6.07) is 7.63. The lowest BCUT2D eigenvalue weighted by Crippen LogP contribution is -2.19. The summed E-state index contributed by atoms with van der Waals surface area (Å²) >= 11 is 0. The fraction of sp³-hybridized carbons (Fsp3) is 0.267. The Morgan fingerprint density at radius 2 is 2.00 bits per heavy atom. The number of anilines is 2. The van der Waals surface area contributed by atoms with Crippen LogP contribution in [0.15, 0.2) is 42.7 Å². The topological polar surface area (TPSA) is 62.3 Å². The molecule has 0 bridgehead atoms. The lowest BCUT2D eigenvalue weighted by atomic mass is 10.2. The van der Waals surface area contributed by atoms with E-state index in [2.05, 4.69) is 9.71 Å². The smallest absolute Gasteiger partial charge is 0.233 e. The third kappa shape index (κ3) is 4.70. The van der Waals surface area contributed by atoms with Crippen LogP contribution in [-0.4, -0.2) is 33.2 Å². The summed E-state index contributed by atoms with van der Waals surface area (Å²) in [4.78, 5) is 5.83. The van der Waals surface area contributed by atoms with E-state index in [4.69, 9.17) is 0 Å². The van der Waals surface area contributed by atoms with Crippen LogP contribution in [0.4, 0.5) is 15.8 Å². The van der Waals surface area contributed by atoms with Gasteiger partial charge in [0.05, 0.1) is 29.5 Å². The summed E-state index contributed by atoms with van der Waals surface area (Å²) in [6.45, 7) is 0. The summed E-state index contributed by atoms with van der Waals surface area (Å²) < 4.78 is 39.7. The maximum absolute atomic E-state index is 13.1. The van der Waals surface area contributed by atoms with Gasteiger partial charge in [0, 0.05) is 14.1 Å². The highest BCUT2D eigenvalue weighted by Crippen LogP contribution is 2.17. The van der Waals surface area contributed by atoms with Gasteiger partial charge in [0.2, 0.25) is 10.0 Å². The second-order valence-corrected chi connectivity index (χ2v) is 6.97. The SMILES string of the molecule is CN(C)c1cncc(NS(=O)(=O)CCc2cccc(F)c2)c1. The van der Waals surface area contributed by atoms with Crippen LogP contribution in [0, 0.1) is 5.82 Å². The number of hydrogen-bond donors (Lipinski definition) is 1. The van der Waals surface area contributed by atoms with Gasteiger partial charge in [-0.1, -0.05) is 12.1 Å². The third-order valence-electron chi connectivity index (χ3n) is 3.06. The molecule has 0 fully saturated rings. The van der Waals surface area contributed by atoms with E-state index in [0.29, 0.717) is 11.3 Å². The zero-order valence-electron chi connectivity index (χ0n) is 12.5. The molecule has 0 saturated heterocycles. The second kappa shape index (κ2) is 6.74. The predicted molar refractivity (Wildman–Crippen MR) is 86.1 cm³/mol. The number of nitrogens with zero attached hydrogens (tertiary/aromatic N) is 2. The number of nitrogens with one attached hydrogen (secondary N) is 1. The molecule has 0 aliphatic rings. The normalized spacial score (nSPS) is 11.2. The van der Waals surface area contributed by atoms with E-state index < -0.39 is 10.0 Å². The van der Waals surface area contributed by atoms with Crippen molar-refractivity contribution in [3.63, 3.8) is 0 Å². The van der Waals surface area contributed by atoms with Crippen LogP contribution in [0.3, 0.4) is 0 Å². The Hall–Kier alpha value is -2.15. The minimum atomic E-state index is -3.52. The lowest BCUT2D eigenvalue weighted by Gasteiger charge is -2.14. The van der Waals surface area contributed by atoms with E-state index in [1.165, 1.54) is 18.3 Å². The van der Waals surface area contributed by atoms with Crippen molar-refractivity contribution < 1.29 is 12.8 Å². The van der Waals surface area contributed by atoms with Gasteiger partial charge in [0.25, 0.3) is 0 Å². The van der Waals surface area contributed by atoms with Crippen LogP contribution >= 0.6 is 0 Å². The Morgan fingerprint density at radius 1 is 1.23 bits per heavy atom. The first-order valence-electron chi connectivity index (χ1n) is 6.73. The maximum Gasteiger partial charge on any atom is 0.233 e. The molecule has 5 nitrogen and oxygen atoms in total. The van der Waals surface area contributed by atoms with Crippen molar-refractivity contribution in [1.82, 2.24) is 4.98 Å². The highest BCUT2D eigenvalue weighted by molar-refractivity contribution is 7.92. The standard InChI is InChI=1S/C15H18FN3O2S/c1-19(2)15-9-14(10-17-11-15)18-22(20,21)7-6-12-4-3-5-13(16)8-12/h3-5,8-11,18H,6-7H2,1-2H3. The van der Waals surface area contributed by atoms with Crippen molar-refractivity contribution in [2.75, 3.05) is 29.5 Å². The fourth-order valence-corrected chi connectivity index (χ4v) is 2.98. The summed E-state index contributed by atoms with van der Waals surface area (Å²) in [5.41, 5.74) is 1.85. The van der Waals surface area contributed by atoms with Crippen LogP contribution in [0.25, 0.3) is 0 Å². The Morgan fingerprint density at radius 3 is 2.68 bits per heavy atom. The van der Waals surface area contributed by atoms with Gasteiger partial charge in [0.1, 0.15) is 5.82 Å². The largest absolute Gasteiger partial charge is 0.376 e. The van der Waals surface area contributed by atoms with Crippen molar-refractivity contribution in [3.05, 3.63) is 54.1 Å².